The molecule has 8 heteroatoms. The summed E-state index contributed by atoms with van der Waals surface area (Å²) < 4.78 is 52.3. The highest BCUT2D eigenvalue weighted by molar-refractivity contribution is 7.89. The van der Waals surface area contributed by atoms with Crippen molar-refractivity contribution in [1.82, 2.24) is 4.72 Å². The zero-order chi connectivity index (χ0) is 14.8. The summed E-state index contributed by atoms with van der Waals surface area (Å²) in [6.07, 6.45) is 0. The smallest absolute Gasteiger partial charge is 0.241 e. The van der Waals surface area contributed by atoms with Crippen LogP contribution in [0.1, 0.15) is 10.4 Å². The highest BCUT2D eigenvalue weighted by Crippen LogP contribution is 2.19. The Bertz CT molecular complexity index is 714. The summed E-state index contributed by atoms with van der Waals surface area (Å²) in [6.45, 7) is 0.00896. The number of halogens is 2. The quantitative estimate of drug-likeness (QED) is 0.885. The van der Waals surface area contributed by atoms with E-state index in [9.17, 15) is 17.2 Å². The Kier molecular flexibility index (Phi) is 4.48. The van der Waals surface area contributed by atoms with E-state index in [2.05, 4.69) is 4.72 Å². The summed E-state index contributed by atoms with van der Waals surface area (Å²) in [7, 11) is -3.73. The van der Waals surface area contributed by atoms with Gasteiger partial charge in [-0.1, -0.05) is 6.07 Å². The van der Waals surface area contributed by atoms with Crippen LogP contribution in [0.2, 0.25) is 0 Å². The number of thiophene rings is 1. The predicted octanol–water partition coefficient (Wildman–Crippen LogP) is 1.96. The Morgan fingerprint density at radius 3 is 2.60 bits per heavy atom. The number of rotatable bonds is 5. The lowest BCUT2D eigenvalue weighted by Gasteiger charge is -2.06. The highest BCUT2D eigenvalue weighted by atomic mass is 32.2. The molecule has 0 saturated carbocycles. The fourth-order valence-electron chi connectivity index (χ4n) is 1.53. The zero-order valence-corrected chi connectivity index (χ0v) is 11.9. The summed E-state index contributed by atoms with van der Waals surface area (Å²) in [5.41, 5.74) is 5.49. The number of hydrogen-bond donors (Lipinski definition) is 2. The maximum atomic E-state index is 13.4. The minimum Gasteiger partial charge on any atom is -0.326 e. The molecule has 0 bridgehead atoms. The maximum absolute atomic E-state index is 13.4. The van der Waals surface area contributed by atoms with Gasteiger partial charge >= 0.3 is 0 Å². The van der Waals surface area contributed by atoms with E-state index in [0.29, 0.717) is 6.07 Å². The van der Waals surface area contributed by atoms with E-state index >= 15 is 0 Å². The molecule has 0 radical (unpaired) electrons. The molecule has 2 aromatic rings. The van der Waals surface area contributed by atoms with Gasteiger partial charge in [-0.3, -0.25) is 0 Å². The number of sulfonamides is 1. The van der Waals surface area contributed by atoms with Gasteiger partial charge < -0.3 is 5.73 Å². The number of hydrogen-bond acceptors (Lipinski definition) is 4. The first-order valence-electron chi connectivity index (χ1n) is 5.63. The molecule has 0 aliphatic rings. The molecular weight excluding hydrogens is 306 g/mol. The van der Waals surface area contributed by atoms with Crippen molar-refractivity contribution in [1.29, 1.82) is 0 Å². The number of nitrogens with two attached hydrogens (primary N) is 1. The molecule has 1 heterocycles. The van der Waals surface area contributed by atoms with Gasteiger partial charge in [0.1, 0.15) is 11.6 Å². The average molecular weight is 318 g/mol. The molecule has 3 N–H and O–H groups in total. The minimum atomic E-state index is -3.73. The Labute approximate surface area is 119 Å². The zero-order valence-electron chi connectivity index (χ0n) is 10.3. The molecule has 2 rings (SSSR count). The molecule has 0 amide bonds. The first-order chi connectivity index (χ1) is 9.42. The summed E-state index contributed by atoms with van der Waals surface area (Å²) in [5, 5.41) is 1.46. The molecule has 108 valence electrons. The molecule has 4 nitrogen and oxygen atoms in total. The first kappa shape index (κ1) is 15.0. The monoisotopic (exact) mass is 318 g/mol. The lowest BCUT2D eigenvalue weighted by atomic mass is 10.2. The fourth-order valence-corrected chi connectivity index (χ4v) is 3.69. The van der Waals surface area contributed by atoms with Gasteiger partial charge in [0.2, 0.25) is 10.0 Å². The van der Waals surface area contributed by atoms with Crippen molar-refractivity contribution in [3.63, 3.8) is 0 Å². The summed E-state index contributed by atoms with van der Waals surface area (Å²) >= 11 is 1.24. The van der Waals surface area contributed by atoms with E-state index in [1.165, 1.54) is 28.8 Å². The van der Waals surface area contributed by atoms with Gasteiger partial charge in [-0.15, -0.1) is 11.3 Å². The topological polar surface area (TPSA) is 72.2 Å². The van der Waals surface area contributed by atoms with E-state index in [0.717, 1.165) is 10.9 Å². The third-order valence-corrected chi connectivity index (χ3v) is 5.10. The lowest BCUT2D eigenvalue weighted by molar-refractivity contribution is 0.562. The van der Waals surface area contributed by atoms with Gasteiger partial charge in [0.25, 0.3) is 0 Å². The molecule has 0 spiro atoms. The van der Waals surface area contributed by atoms with Gasteiger partial charge in [-0.25, -0.2) is 21.9 Å². The Balaban J connectivity index is 2.13. The van der Waals surface area contributed by atoms with E-state index < -0.39 is 21.7 Å². The first-order valence-corrected chi connectivity index (χ1v) is 8.00. The fraction of sp³-hybridized carbons (Fsp3) is 0.167. The molecule has 0 aliphatic heterocycles. The molecule has 1 aromatic heterocycles. The molecule has 1 aromatic carbocycles. The van der Waals surface area contributed by atoms with Crippen LogP contribution >= 0.6 is 11.3 Å². The standard InChI is InChI=1S/C12H12F2N2O2S2/c13-9-2-1-8(12(14)3-9)6-16-20(17,18)11-4-10(5-15)19-7-11/h1-4,7,16H,5-6,15H2. The summed E-state index contributed by atoms with van der Waals surface area (Å²) in [5.74, 6) is -1.50. The summed E-state index contributed by atoms with van der Waals surface area (Å²) in [4.78, 5) is 0.823. The second-order valence-electron chi connectivity index (χ2n) is 4.01. The van der Waals surface area contributed by atoms with Crippen LogP contribution in [0.25, 0.3) is 0 Å². The largest absolute Gasteiger partial charge is 0.326 e. The van der Waals surface area contributed by atoms with Gasteiger partial charge in [0, 0.05) is 35.0 Å². The molecule has 0 unspecified atom stereocenters. The molecule has 0 saturated heterocycles. The lowest BCUT2D eigenvalue weighted by Crippen LogP contribution is -2.23. The van der Waals surface area contributed by atoms with Crippen LogP contribution < -0.4 is 10.5 Å². The van der Waals surface area contributed by atoms with Gasteiger partial charge in [-0.05, 0) is 12.1 Å². The van der Waals surface area contributed by atoms with E-state index in [-0.39, 0.29) is 23.5 Å². The highest BCUT2D eigenvalue weighted by Gasteiger charge is 2.16. The molecular formula is C12H12F2N2O2S2. The minimum absolute atomic E-state index is 0.0734. The van der Waals surface area contributed by atoms with Gasteiger partial charge in [-0.2, -0.15) is 0 Å². The van der Waals surface area contributed by atoms with Crippen LogP contribution in [0.15, 0.2) is 34.5 Å². The Hall–Kier alpha value is -1.35. The summed E-state index contributed by atoms with van der Waals surface area (Å²) in [6, 6.07) is 4.45. The van der Waals surface area contributed by atoms with E-state index in [1.807, 2.05) is 0 Å². The van der Waals surface area contributed by atoms with Crippen molar-refractivity contribution in [3.8, 4) is 0 Å². The Morgan fingerprint density at radius 2 is 2.00 bits per heavy atom. The van der Waals surface area contributed by atoms with Crippen LogP contribution in [0.5, 0.6) is 0 Å². The van der Waals surface area contributed by atoms with Gasteiger partial charge in [0.05, 0.1) is 4.90 Å². The molecule has 0 fully saturated rings. The Morgan fingerprint density at radius 1 is 1.25 bits per heavy atom. The van der Waals surface area contributed by atoms with Crippen LogP contribution in [-0.2, 0) is 23.1 Å². The van der Waals surface area contributed by atoms with Gasteiger partial charge in [0.15, 0.2) is 0 Å². The van der Waals surface area contributed by atoms with Crippen LogP contribution in [-0.4, -0.2) is 8.42 Å². The average Bonchev–Trinajstić information content (AvgIpc) is 2.87. The maximum Gasteiger partial charge on any atom is 0.241 e. The molecule has 20 heavy (non-hydrogen) atoms. The second-order valence-corrected chi connectivity index (χ2v) is 6.78. The van der Waals surface area contributed by atoms with E-state index in [1.54, 1.807) is 0 Å². The molecule has 0 atom stereocenters. The third-order valence-electron chi connectivity index (χ3n) is 2.61. The molecule has 0 aliphatic carbocycles. The van der Waals surface area contributed by atoms with E-state index in [4.69, 9.17) is 5.73 Å². The second kappa shape index (κ2) is 5.96. The number of nitrogens with one attached hydrogen (secondary N) is 1. The van der Waals surface area contributed by atoms with Crippen LogP contribution in [0.3, 0.4) is 0 Å². The SMILES string of the molecule is NCc1cc(S(=O)(=O)NCc2ccc(F)cc2F)cs1. The van der Waals surface area contributed by atoms with Crippen molar-refractivity contribution < 1.29 is 17.2 Å². The predicted molar refractivity (Wildman–Crippen MR) is 72.6 cm³/mol. The van der Waals surface area contributed by atoms with Crippen molar-refractivity contribution >= 4 is 21.4 Å². The van der Waals surface area contributed by atoms with Crippen molar-refractivity contribution in [2.24, 2.45) is 5.73 Å². The van der Waals surface area contributed by atoms with Crippen LogP contribution in [0, 0.1) is 11.6 Å². The van der Waals surface area contributed by atoms with Crippen molar-refractivity contribution in [3.05, 3.63) is 51.7 Å². The third kappa shape index (κ3) is 3.40. The van der Waals surface area contributed by atoms with Crippen molar-refractivity contribution in [2.75, 3.05) is 0 Å². The normalized spacial score (nSPS) is 11.8. The van der Waals surface area contributed by atoms with Crippen LogP contribution in [0.4, 0.5) is 8.78 Å². The van der Waals surface area contributed by atoms with Crippen molar-refractivity contribution in [2.45, 2.75) is 18.0 Å². The number of benzene rings is 1.